The molecule has 11 heavy (non-hydrogen) atoms. The third kappa shape index (κ3) is 2.86. The van der Waals surface area contributed by atoms with E-state index < -0.39 is 0 Å². The van der Waals surface area contributed by atoms with Crippen molar-refractivity contribution in [1.29, 1.82) is 0 Å². The van der Waals surface area contributed by atoms with Crippen molar-refractivity contribution in [3.8, 4) is 0 Å². The molecule has 2 N–H and O–H groups in total. The van der Waals surface area contributed by atoms with Crippen LogP contribution in [0.3, 0.4) is 0 Å². The van der Waals surface area contributed by atoms with Crippen molar-refractivity contribution in [2.24, 2.45) is 5.73 Å². The lowest BCUT2D eigenvalue weighted by Gasteiger charge is -1.96. The Morgan fingerprint density at radius 3 is 2.91 bits per heavy atom. The Bertz CT molecular complexity index is 212. The van der Waals surface area contributed by atoms with Crippen LogP contribution < -0.4 is 5.73 Å². The summed E-state index contributed by atoms with van der Waals surface area (Å²) in [6.07, 6.45) is 1.21. The predicted molar refractivity (Wildman–Crippen MR) is 44.0 cm³/mol. The molecule has 1 rings (SSSR count). The molecule has 0 aromatic carbocycles. The first-order valence-electron chi connectivity index (χ1n) is 3.27. The molecular weight excluding hydrogens is 163 g/mol. The van der Waals surface area contributed by atoms with Crippen LogP contribution in [-0.2, 0) is 0 Å². The van der Waals surface area contributed by atoms with Crippen LogP contribution in [0.5, 0.6) is 0 Å². The first-order valence-corrected chi connectivity index (χ1v) is 4.26. The number of thioether (sulfide) groups is 1. The highest BCUT2D eigenvalue weighted by molar-refractivity contribution is 7.99. The molecule has 0 aliphatic heterocycles. The van der Waals surface area contributed by atoms with Crippen LogP contribution in [0.1, 0.15) is 0 Å². The molecule has 0 aliphatic carbocycles. The van der Waals surface area contributed by atoms with Crippen LogP contribution in [0, 0.1) is 5.82 Å². The van der Waals surface area contributed by atoms with Crippen LogP contribution in [0.2, 0.25) is 0 Å². The molecule has 0 atom stereocenters. The average molecular weight is 172 g/mol. The summed E-state index contributed by atoms with van der Waals surface area (Å²) in [7, 11) is 0. The Hall–Kier alpha value is -0.610. The van der Waals surface area contributed by atoms with E-state index in [-0.39, 0.29) is 5.82 Å². The van der Waals surface area contributed by atoms with Crippen molar-refractivity contribution < 1.29 is 4.39 Å². The van der Waals surface area contributed by atoms with E-state index in [2.05, 4.69) is 4.98 Å². The second kappa shape index (κ2) is 4.31. The van der Waals surface area contributed by atoms with Gasteiger partial charge < -0.3 is 5.73 Å². The van der Waals surface area contributed by atoms with Gasteiger partial charge in [0.2, 0.25) is 0 Å². The van der Waals surface area contributed by atoms with Gasteiger partial charge in [-0.15, -0.1) is 11.8 Å². The minimum absolute atomic E-state index is 0.304. The summed E-state index contributed by atoms with van der Waals surface area (Å²) >= 11 is 1.53. The highest BCUT2D eigenvalue weighted by Gasteiger charge is 1.93. The molecule has 0 amide bonds. The minimum Gasteiger partial charge on any atom is -0.330 e. The fourth-order valence-electron chi connectivity index (χ4n) is 0.611. The normalized spacial score (nSPS) is 10.0. The third-order valence-corrected chi connectivity index (χ3v) is 2.05. The van der Waals surface area contributed by atoms with Gasteiger partial charge in [-0.05, 0) is 12.1 Å². The molecule has 1 aromatic rings. The maximum atomic E-state index is 12.3. The van der Waals surface area contributed by atoms with Crippen LogP contribution in [0.25, 0.3) is 0 Å². The molecule has 0 fully saturated rings. The SMILES string of the molecule is NCCSc1ccc(F)cn1. The van der Waals surface area contributed by atoms with Gasteiger partial charge in [0.15, 0.2) is 0 Å². The summed E-state index contributed by atoms with van der Waals surface area (Å²) in [6.45, 7) is 0.615. The van der Waals surface area contributed by atoms with Crippen molar-refractivity contribution in [3.63, 3.8) is 0 Å². The van der Waals surface area contributed by atoms with Crippen molar-refractivity contribution in [2.75, 3.05) is 12.3 Å². The van der Waals surface area contributed by atoms with Gasteiger partial charge in [0.1, 0.15) is 5.82 Å². The average Bonchev–Trinajstić information content (AvgIpc) is 2.04. The Kier molecular flexibility index (Phi) is 3.32. The zero-order valence-electron chi connectivity index (χ0n) is 5.96. The number of nitrogens with two attached hydrogens (primary N) is 1. The molecule has 0 saturated carbocycles. The Morgan fingerprint density at radius 2 is 2.36 bits per heavy atom. The quantitative estimate of drug-likeness (QED) is 0.698. The van der Waals surface area contributed by atoms with E-state index in [4.69, 9.17) is 5.73 Å². The van der Waals surface area contributed by atoms with E-state index in [9.17, 15) is 4.39 Å². The predicted octanol–water partition coefficient (Wildman–Crippen LogP) is 1.27. The van der Waals surface area contributed by atoms with Crippen molar-refractivity contribution in [3.05, 3.63) is 24.1 Å². The van der Waals surface area contributed by atoms with Gasteiger partial charge in [-0.1, -0.05) is 0 Å². The lowest BCUT2D eigenvalue weighted by molar-refractivity contribution is 0.618. The van der Waals surface area contributed by atoms with E-state index in [1.807, 2.05) is 0 Å². The maximum absolute atomic E-state index is 12.3. The number of hydrogen-bond acceptors (Lipinski definition) is 3. The number of rotatable bonds is 3. The van der Waals surface area contributed by atoms with Gasteiger partial charge in [-0.2, -0.15) is 0 Å². The number of nitrogens with zero attached hydrogens (tertiary/aromatic N) is 1. The highest BCUT2D eigenvalue weighted by Crippen LogP contribution is 2.13. The molecule has 0 unspecified atom stereocenters. The molecule has 1 heterocycles. The van der Waals surface area contributed by atoms with Gasteiger partial charge in [0.25, 0.3) is 0 Å². The lowest BCUT2D eigenvalue weighted by Crippen LogP contribution is -2.01. The first-order chi connectivity index (χ1) is 5.33. The number of aromatic nitrogens is 1. The summed E-state index contributed by atoms with van der Waals surface area (Å²) in [5.41, 5.74) is 5.28. The summed E-state index contributed by atoms with van der Waals surface area (Å²) in [5, 5.41) is 0.817. The van der Waals surface area contributed by atoms with E-state index >= 15 is 0 Å². The number of halogens is 1. The van der Waals surface area contributed by atoms with Gasteiger partial charge in [-0.25, -0.2) is 9.37 Å². The monoisotopic (exact) mass is 172 g/mol. The standard InChI is InChI=1S/C7H9FN2S/c8-6-1-2-7(10-5-6)11-4-3-9/h1-2,5H,3-4,9H2. The lowest BCUT2D eigenvalue weighted by atomic mass is 10.5. The summed E-state index contributed by atoms with van der Waals surface area (Å²) in [5.74, 6) is 0.514. The minimum atomic E-state index is -0.304. The van der Waals surface area contributed by atoms with Gasteiger partial charge in [0, 0.05) is 12.3 Å². The van der Waals surface area contributed by atoms with Crippen LogP contribution in [0.15, 0.2) is 23.4 Å². The second-order valence-corrected chi connectivity index (χ2v) is 3.07. The van der Waals surface area contributed by atoms with Crippen LogP contribution in [-0.4, -0.2) is 17.3 Å². The molecule has 4 heteroatoms. The summed E-state index contributed by atoms with van der Waals surface area (Å²) < 4.78 is 12.3. The van der Waals surface area contributed by atoms with E-state index in [1.165, 1.54) is 24.0 Å². The zero-order valence-corrected chi connectivity index (χ0v) is 6.77. The van der Waals surface area contributed by atoms with Crippen molar-refractivity contribution in [2.45, 2.75) is 5.03 Å². The molecule has 60 valence electrons. The topological polar surface area (TPSA) is 38.9 Å². The molecule has 0 aliphatic rings. The molecule has 2 nitrogen and oxygen atoms in total. The van der Waals surface area contributed by atoms with Gasteiger partial charge in [0.05, 0.1) is 11.2 Å². The van der Waals surface area contributed by atoms with Crippen molar-refractivity contribution in [1.82, 2.24) is 4.98 Å². The first kappa shape index (κ1) is 8.49. The molecule has 0 spiro atoms. The second-order valence-electron chi connectivity index (χ2n) is 1.95. The van der Waals surface area contributed by atoms with E-state index in [0.29, 0.717) is 6.54 Å². The fourth-order valence-corrected chi connectivity index (χ4v) is 1.23. The maximum Gasteiger partial charge on any atom is 0.141 e. The summed E-state index contributed by atoms with van der Waals surface area (Å²) in [6, 6.07) is 3.04. The van der Waals surface area contributed by atoms with E-state index in [1.54, 1.807) is 6.07 Å². The third-order valence-electron chi connectivity index (χ3n) is 1.07. The van der Waals surface area contributed by atoms with Gasteiger partial charge in [-0.3, -0.25) is 0 Å². The Balaban J connectivity index is 2.52. The smallest absolute Gasteiger partial charge is 0.141 e. The van der Waals surface area contributed by atoms with Crippen molar-refractivity contribution >= 4 is 11.8 Å². The zero-order chi connectivity index (χ0) is 8.10. The fraction of sp³-hybridized carbons (Fsp3) is 0.286. The molecule has 0 radical (unpaired) electrons. The molecule has 1 aromatic heterocycles. The van der Waals surface area contributed by atoms with Gasteiger partial charge >= 0.3 is 0 Å². The molecule has 0 saturated heterocycles. The number of pyridine rings is 1. The van der Waals surface area contributed by atoms with Crippen LogP contribution >= 0.6 is 11.8 Å². The summed E-state index contributed by atoms with van der Waals surface area (Å²) in [4.78, 5) is 3.85. The number of hydrogen-bond donors (Lipinski definition) is 1. The Labute approximate surface area is 69.0 Å². The molecular formula is C7H9FN2S. The van der Waals surface area contributed by atoms with Crippen LogP contribution in [0.4, 0.5) is 4.39 Å². The largest absolute Gasteiger partial charge is 0.330 e. The van der Waals surface area contributed by atoms with E-state index in [0.717, 1.165) is 10.8 Å². The molecule has 0 bridgehead atoms. The Morgan fingerprint density at radius 1 is 1.55 bits per heavy atom. The highest BCUT2D eigenvalue weighted by atomic mass is 32.2.